The summed E-state index contributed by atoms with van der Waals surface area (Å²) in [5, 5.41) is 7.00. The number of halogens is 1. The molecule has 8 nitrogen and oxygen atoms in total. The van der Waals surface area contributed by atoms with Crippen molar-refractivity contribution in [3.05, 3.63) is 53.6 Å². The number of fused-ring (bicyclic) bond motifs is 1. The third kappa shape index (κ3) is 2.79. The Bertz CT molecular complexity index is 886. The van der Waals surface area contributed by atoms with E-state index in [0.717, 1.165) is 24.3 Å². The number of carbonyl (C=O) groups is 1. The summed E-state index contributed by atoms with van der Waals surface area (Å²) in [7, 11) is 0. The summed E-state index contributed by atoms with van der Waals surface area (Å²) < 4.78 is 15.5. The fourth-order valence-electron chi connectivity index (χ4n) is 4.35. The predicted molar refractivity (Wildman–Crippen MR) is 101 cm³/mol. The standard InChI is InChI=1S/C19H18N4O4.ClH/c1-20-19(15-8-21-9-16(15)19)12-2-4-13(5-3-12)23-10-14(27-18(23)24)11-25-17-6-7-26-22-17;/h2-7,14-16,21H,8-11H2;1H/t14-,15-,16+,19?;/m1./s1. The number of ether oxygens (including phenoxy) is 2. The van der Waals surface area contributed by atoms with Crippen LogP contribution in [0.4, 0.5) is 10.5 Å². The van der Waals surface area contributed by atoms with Crippen molar-refractivity contribution < 1.29 is 18.8 Å². The highest BCUT2D eigenvalue weighted by molar-refractivity contribution is 5.89. The van der Waals surface area contributed by atoms with Crippen LogP contribution in [-0.2, 0) is 10.3 Å². The van der Waals surface area contributed by atoms with Crippen molar-refractivity contribution in [2.75, 3.05) is 31.1 Å². The number of carbonyl (C=O) groups excluding carboxylic acids is 1. The number of nitrogens with one attached hydrogen (secondary N) is 1. The van der Waals surface area contributed by atoms with E-state index in [4.69, 9.17) is 20.6 Å². The largest absolute Gasteiger partial charge is 0.471 e. The molecule has 0 radical (unpaired) electrons. The molecule has 3 aliphatic rings. The summed E-state index contributed by atoms with van der Waals surface area (Å²) in [6, 6.07) is 9.33. The van der Waals surface area contributed by atoms with Gasteiger partial charge in [0.05, 0.1) is 18.4 Å². The Kier molecular flexibility index (Phi) is 4.65. The smallest absolute Gasteiger partial charge is 0.414 e. The third-order valence-electron chi connectivity index (χ3n) is 5.77. The Morgan fingerprint density at radius 2 is 2.04 bits per heavy atom. The van der Waals surface area contributed by atoms with Gasteiger partial charge < -0.3 is 24.2 Å². The molecule has 28 heavy (non-hydrogen) atoms. The van der Waals surface area contributed by atoms with Gasteiger partial charge in [-0.15, -0.1) is 12.4 Å². The molecule has 2 aliphatic heterocycles. The van der Waals surface area contributed by atoms with Crippen LogP contribution in [0.1, 0.15) is 5.56 Å². The molecule has 4 atom stereocenters. The number of nitrogens with zero attached hydrogens (tertiary/aromatic N) is 3. The Morgan fingerprint density at radius 1 is 1.29 bits per heavy atom. The summed E-state index contributed by atoms with van der Waals surface area (Å²) >= 11 is 0. The van der Waals surface area contributed by atoms with Gasteiger partial charge in [0.1, 0.15) is 12.9 Å². The van der Waals surface area contributed by atoms with Crippen LogP contribution in [0.5, 0.6) is 5.88 Å². The average molecular weight is 403 g/mol. The number of rotatable bonds is 5. The fourth-order valence-corrected chi connectivity index (χ4v) is 4.35. The van der Waals surface area contributed by atoms with Crippen molar-refractivity contribution in [3.8, 4) is 5.88 Å². The van der Waals surface area contributed by atoms with Gasteiger partial charge in [0.15, 0.2) is 6.10 Å². The van der Waals surface area contributed by atoms with Crippen LogP contribution in [0.15, 0.2) is 41.1 Å². The molecule has 1 aliphatic carbocycles. The summed E-state index contributed by atoms with van der Waals surface area (Å²) in [4.78, 5) is 17.8. The molecule has 0 spiro atoms. The minimum absolute atomic E-state index is 0. The van der Waals surface area contributed by atoms with Gasteiger partial charge >= 0.3 is 6.09 Å². The molecule has 1 unspecified atom stereocenters. The van der Waals surface area contributed by atoms with Crippen LogP contribution >= 0.6 is 12.4 Å². The number of benzene rings is 1. The Labute approximate surface area is 168 Å². The van der Waals surface area contributed by atoms with Gasteiger partial charge in [-0.05, 0) is 29.4 Å². The van der Waals surface area contributed by atoms with Crippen LogP contribution in [0, 0.1) is 18.4 Å². The number of hydrogen-bond donors (Lipinski definition) is 1. The first kappa shape index (κ1) is 18.6. The van der Waals surface area contributed by atoms with Crippen molar-refractivity contribution in [3.63, 3.8) is 0 Å². The van der Waals surface area contributed by atoms with Crippen LogP contribution in [0.25, 0.3) is 4.85 Å². The Morgan fingerprint density at radius 3 is 2.68 bits per heavy atom. The maximum absolute atomic E-state index is 12.2. The maximum atomic E-state index is 12.2. The van der Waals surface area contributed by atoms with E-state index in [9.17, 15) is 4.79 Å². The number of hydrogen-bond acceptors (Lipinski definition) is 6. The number of piperidine rings is 1. The van der Waals surface area contributed by atoms with Gasteiger partial charge in [0.25, 0.3) is 11.4 Å². The number of cyclic esters (lactones) is 1. The van der Waals surface area contributed by atoms with Gasteiger partial charge in [-0.2, -0.15) is 0 Å². The van der Waals surface area contributed by atoms with E-state index in [1.807, 2.05) is 24.3 Å². The van der Waals surface area contributed by atoms with Gasteiger partial charge in [-0.25, -0.2) is 11.4 Å². The van der Waals surface area contributed by atoms with E-state index in [1.165, 1.54) is 6.26 Å². The number of anilines is 1. The summed E-state index contributed by atoms with van der Waals surface area (Å²) in [6.45, 7) is 10.1. The van der Waals surface area contributed by atoms with Crippen LogP contribution < -0.4 is 15.0 Å². The molecular formula is C19H19ClN4O4. The molecule has 5 rings (SSSR count). The number of aromatic nitrogens is 1. The zero-order valence-electron chi connectivity index (χ0n) is 14.9. The number of amides is 1. The van der Waals surface area contributed by atoms with Gasteiger partial charge in [-0.1, -0.05) is 0 Å². The predicted octanol–water partition coefficient (Wildman–Crippen LogP) is 2.46. The highest BCUT2D eigenvalue weighted by atomic mass is 35.5. The maximum Gasteiger partial charge on any atom is 0.414 e. The lowest BCUT2D eigenvalue weighted by Gasteiger charge is -2.15. The van der Waals surface area contributed by atoms with Crippen molar-refractivity contribution in [2.45, 2.75) is 11.6 Å². The fraction of sp³-hybridized carbons (Fsp3) is 0.421. The third-order valence-corrected chi connectivity index (χ3v) is 5.77. The molecule has 9 heteroatoms. The van der Waals surface area contributed by atoms with E-state index in [1.54, 1.807) is 11.0 Å². The lowest BCUT2D eigenvalue weighted by Crippen LogP contribution is -2.27. The van der Waals surface area contributed by atoms with Gasteiger partial charge in [0, 0.05) is 30.4 Å². The van der Waals surface area contributed by atoms with Crippen LogP contribution in [0.2, 0.25) is 0 Å². The normalized spacial score (nSPS) is 30.2. The molecular weight excluding hydrogens is 384 g/mol. The Balaban J connectivity index is 0.00000192. The first-order valence-corrected chi connectivity index (χ1v) is 8.93. The molecule has 146 valence electrons. The molecule has 0 bridgehead atoms. The molecule has 2 aromatic rings. The highest BCUT2D eigenvalue weighted by Gasteiger charge is 2.75. The lowest BCUT2D eigenvalue weighted by atomic mass is 10.00. The molecule has 1 aromatic heterocycles. The second kappa shape index (κ2) is 7.00. The SMILES string of the molecule is Cl.[C-]#[N+]C1(c2ccc(N3C[C@H](COc4ccon4)OC3=O)cc2)[C@@H]2CNC[C@@H]21. The molecule has 3 fully saturated rings. The van der Waals surface area contributed by atoms with Crippen molar-refractivity contribution in [2.24, 2.45) is 11.8 Å². The van der Waals surface area contributed by atoms with Gasteiger partial charge in [0.2, 0.25) is 0 Å². The molecule has 3 heterocycles. The van der Waals surface area contributed by atoms with Gasteiger partial charge in [-0.3, -0.25) is 4.90 Å². The van der Waals surface area contributed by atoms with Crippen LogP contribution in [-0.4, -0.2) is 43.6 Å². The highest BCUT2D eigenvalue weighted by Crippen LogP contribution is 2.62. The van der Waals surface area contributed by atoms with Crippen molar-refractivity contribution in [1.82, 2.24) is 10.5 Å². The average Bonchev–Trinajstić information content (AvgIpc) is 3.23. The first-order valence-electron chi connectivity index (χ1n) is 8.93. The molecule has 1 amide bonds. The second-order valence-corrected chi connectivity index (χ2v) is 7.12. The second-order valence-electron chi connectivity index (χ2n) is 7.12. The van der Waals surface area contributed by atoms with Crippen LogP contribution in [0.3, 0.4) is 0 Å². The minimum atomic E-state index is -0.399. The van der Waals surface area contributed by atoms with E-state index in [2.05, 4.69) is 15.3 Å². The Hall–Kier alpha value is -2.76. The zero-order valence-corrected chi connectivity index (χ0v) is 15.7. The molecule has 1 saturated carbocycles. The molecule has 1 N–H and O–H groups in total. The minimum Gasteiger partial charge on any atom is -0.471 e. The van der Waals surface area contributed by atoms with E-state index < -0.39 is 6.09 Å². The molecule has 2 saturated heterocycles. The summed E-state index contributed by atoms with van der Waals surface area (Å²) in [5.41, 5.74) is 1.41. The van der Waals surface area contributed by atoms with E-state index in [-0.39, 0.29) is 30.7 Å². The quantitative estimate of drug-likeness (QED) is 0.774. The zero-order chi connectivity index (χ0) is 18.4. The van der Waals surface area contributed by atoms with Crippen molar-refractivity contribution in [1.29, 1.82) is 0 Å². The van der Waals surface area contributed by atoms with E-state index in [0.29, 0.717) is 24.3 Å². The van der Waals surface area contributed by atoms with E-state index >= 15 is 0 Å². The monoisotopic (exact) mass is 402 g/mol. The van der Waals surface area contributed by atoms with Crippen molar-refractivity contribution >= 4 is 24.2 Å². The first-order chi connectivity index (χ1) is 13.2. The summed E-state index contributed by atoms with van der Waals surface area (Å²) in [6.07, 6.45) is 0.644. The summed E-state index contributed by atoms with van der Waals surface area (Å²) in [5.74, 6) is 1.16. The topological polar surface area (TPSA) is 81.2 Å². The molecule has 1 aromatic carbocycles. The lowest BCUT2D eigenvalue weighted by molar-refractivity contribution is 0.102.